The number of anilines is 1. The van der Waals surface area contributed by atoms with Gasteiger partial charge >= 0.3 is 0 Å². The number of ether oxygens (including phenoxy) is 2. The van der Waals surface area contributed by atoms with Gasteiger partial charge in [-0.15, -0.1) is 0 Å². The number of carbonyl (C=O) groups is 1. The maximum absolute atomic E-state index is 12.7. The normalized spacial score (nSPS) is 18.2. The number of benzene rings is 1. The number of likely N-dealkylation sites (tertiary alicyclic amines) is 1. The average molecular weight is 382 g/mol. The molecule has 1 amide bonds. The minimum absolute atomic E-state index is 0.196. The smallest absolute Gasteiger partial charge is 0.255 e. The monoisotopic (exact) mass is 381 g/mol. The number of halogens is 1. The van der Waals surface area contributed by atoms with Crippen LogP contribution in [-0.2, 0) is 0 Å². The van der Waals surface area contributed by atoms with Crippen LogP contribution >= 0.6 is 11.6 Å². The van der Waals surface area contributed by atoms with Gasteiger partial charge in [-0.1, -0.05) is 25.4 Å². The van der Waals surface area contributed by atoms with Gasteiger partial charge in [-0.2, -0.15) is 0 Å². The lowest BCUT2D eigenvalue weighted by Gasteiger charge is -2.33. The summed E-state index contributed by atoms with van der Waals surface area (Å²) in [4.78, 5) is 15.2. The fourth-order valence-electron chi connectivity index (χ4n) is 3.59. The molecule has 7 heteroatoms. The molecule has 2 aliphatic heterocycles. The van der Waals surface area contributed by atoms with Crippen LogP contribution in [-0.4, -0.2) is 50.2 Å². The van der Waals surface area contributed by atoms with Gasteiger partial charge in [0.05, 0.1) is 16.3 Å². The molecule has 0 radical (unpaired) electrons. The van der Waals surface area contributed by atoms with Gasteiger partial charge < -0.3 is 25.4 Å². The van der Waals surface area contributed by atoms with Gasteiger partial charge in [0, 0.05) is 13.1 Å². The van der Waals surface area contributed by atoms with Crippen LogP contribution in [0.4, 0.5) is 5.69 Å². The van der Waals surface area contributed by atoms with E-state index in [1.165, 1.54) is 0 Å². The van der Waals surface area contributed by atoms with E-state index < -0.39 is 0 Å². The molecule has 0 unspecified atom stereocenters. The van der Waals surface area contributed by atoms with Crippen molar-refractivity contribution in [3.63, 3.8) is 0 Å². The van der Waals surface area contributed by atoms with E-state index in [0.29, 0.717) is 59.4 Å². The molecule has 0 atom stereocenters. The van der Waals surface area contributed by atoms with Crippen LogP contribution in [0, 0.1) is 11.8 Å². The molecule has 0 spiro atoms. The van der Waals surface area contributed by atoms with Gasteiger partial charge in [0.1, 0.15) is 13.2 Å². The fraction of sp³-hybridized carbons (Fsp3) is 0.632. The first kappa shape index (κ1) is 19.1. The molecular formula is C19H28ClN3O3. The molecule has 2 heterocycles. The van der Waals surface area contributed by atoms with Crippen LogP contribution in [0.3, 0.4) is 0 Å². The average Bonchev–Trinajstić information content (AvgIpc) is 2.63. The van der Waals surface area contributed by atoms with Crippen molar-refractivity contribution in [2.75, 3.05) is 45.1 Å². The van der Waals surface area contributed by atoms with E-state index in [-0.39, 0.29) is 5.91 Å². The van der Waals surface area contributed by atoms with Gasteiger partial charge in [-0.25, -0.2) is 0 Å². The first-order chi connectivity index (χ1) is 12.5. The van der Waals surface area contributed by atoms with Gasteiger partial charge in [0.2, 0.25) is 0 Å². The van der Waals surface area contributed by atoms with Crippen LogP contribution in [0.2, 0.25) is 5.02 Å². The van der Waals surface area contributed by atoms with Gasteiger partial charge in [0.25, 0.3) is 5.91 Å². The van der Waals surface area contributed by atoms with Crippen LogP contribution in [0.5, 0.6) is 11.5 Å². The molecule has 1 saturated heterocycles. The second-order valence-electron chi connectivity index (χ2n) is 7.52. The molecule has 3 N–H and O–H groups in total. The quantitative estimate of drug-likeness (QED) is 0.767. The molecular weight excluding hydrogens is 354 g/mol. The Kier molecular flexibility index (Phi) is 6.14. The zero-order chi connectivity index (χ0) is 18.7. The summed E-state index contributed by atoms with van der Waals surface area (Å²) in [6.45, 7) is 9.28. The Bertz CT molecular complexity index is 658. The van der Waals surface area contributed by atoms with E-state index >= 15 is 0 Å². The SMILES string of the molecule is CC(C)CN1CCC(CNC(=O)c2cc(Cl)c(N)c3c2OCCO3)CC1. The number of fused-ring (bicyclic) bond motifs is 1. The number of carbonyl (C=O) groups excluding carboxylic acids is 1. The van der Waals surface area contributed by atoms with Crippen molar-refractivity contribution in [1.82, 2.24) is 10.2 Å². The highest BCUT2D eigenvalue weighted by atomic mass is 35.5. The molecule has 6 nitrogen and oxygen atoms in total. The Balaban J connectivity index is 1.59. The lowest BCUT2D eigenvalue weighted by atomic mass is 9.96. The summed E-state index contributed by atoms with van der Waals surface area (Å²) in [7, 11) is 0. The predicted molar refractivity (Wildman–Crippen MR) is 103 cm³/mol. The standard InChI is InChI=1S/C19H28ClN3O3/c1-12(2)11-23-5-3-13(4-6-23)10-22-19(24)14-9-15(20)16(21)18-17(14)25-7-8-26-18/h9,12-13H,3-8,10-11,21H2,1-2H3,(H,22,24). The number of nitrogens with zero attached hydrogens (tertiary/aromatic N) is 1. The highest BCUT2D eigenvalue weighted by Crippen LogP contribution is 2.43. The zero-order valence-corrected chi connectivity index (χ0v) is 16.3. The van der Waals surface area contributed by atoms with Crippen molar-refractivity contribution in [3.05, 3.63) is 16.7 Å². The van der Waals surface area contributed by atoms with E-state index in [1.54, 1.807) is 6.07 Å². The number of nitrogens with one attached hydrogen (secondary N) is 1. The van der Waals surface area contributed by atoms with Crippen molar-refractivity contribution < 1.29 is 14.3 Å². The summed E-state index contributed by atoms with van der Waals surface area (Å²) in [6, 6.07) is 1.56. The summed E-state index contributed by atoms with van der Waals surface area (Å²) in [5.41, 5.74) is 6.64. The molecule has 3 rings (SSSR count). The largest absolute Gasteiger partial charge is 0.485 e. The Labute approximate surface area is 160 Å². The fourth-order valence-corrected chi connectivity index (χ4v) is 3.78. The molecule has 144 valence electrons. The van der Waals surface area contributed by atoms with Crippen molar-refractivity contribution in [2.45, 2.75) is 26.7 Å². The van der Waals surface area contributed by atoms with Crippen LogP contribution < -0.4 is 20.5 Å². The Hall–Kier alpha value is -1.66. The van der Waals surface area contributed by atoms with E-state index in [2.05, 4.69) is 24.1 Å². The number of hydrogen-bond acceptors (Lipinski definition) is 5. The number of hydrogen-bond donors (Lipinski definition) is 2. The Morgan fingerprint density at radius 1 is 1.31 bits per heavy atom. The second-order valence-corrected chi connectivity index (χ2v) is 7.93. The van der Waals surface area contributed by atoms with E-state index in [1.807, 2.05) is 0 Å². The summed E-state index contributed by atoms with van der Waals surface area (Å²) >= 11 is 6.16. The number of nitrogens with two attached hydrogens (primary N) is 1. The maximum atomic E-state index is 12.7. The topological polar surface area (TPSA) is 76.8 Å². The van der Waals surface area contributed by atoms with Gasteiger partial charge in [-0.05, 0) is 43.8 Å². The van der Waals surface area contributed by atoms with E-state index in [9.17, 15) is 4.79 Å². The number of nitrogen functional groups attached to an aromatic ring is 1. The third kappa shape index (κ3) is 4.35. The number of amides is 1. The minimum atomic E-state index is -0.196. The summed E-state index contributed by atoms with van der Waals surface area (Å²) < 4.78 is 11.2. The molecule has 0 aromatic heterocycles. The summed E-state index contributed by atoms with van der Waals surface area (Å²) in [6.07, 6.45) is 2.21. The molecule has 1 aromatic rings. The molecule has 26 heavy (non-hydrogen) atoms. The third-order valence-electron chi connectivity index (χ3n) is 4.93. The van der Waals surface area contributed by atoms with Crippen LogP contribution in [0.15, 0.2) is 6.07 Å². The predicted octanol–water partition coefficient (Wildman–Crippen LogP) is 2.79. The highest BCUT2D eigenvalue weighted by Gasteiger charge is 2.26. The van der Waals surface area contributed by atoms with E-state index in [0.717, 1.165) is 32.5 Å². The lowest BCUT2D eigenvalue weighted by Crippen LogP contribution is -2.40. The van der Waals surface area contributed by atoms with Crippen LogP contribution in [0.25, 0.3) is 0 Å². The first-order valence-corrected chi connectivity index (χ1v) is 9.71. The number of piperidine rings is 1. The molecule has 0 saturated carbocycles. The second kappa shape index (κ2) is 8.35. The van der Waals surface area contributed by atoms with E-state index in [4.69, 9.17) is 26.8 Å². The maximum Gasteiger partial charge on any atom is 0.255 e. The lowest BCUT2D eigenvalue weighted by molar-refractivity contribution is 0.0924. The Morgan fingerprint density at radius 3 is 2.62 bits per heavy atom. The van der Waals surface area contributed by atoms with Crippen LogP contribution in [0.1, 0.15) is 37.0 Å². The zero-order valence-electron chi connectivity index (χ0n) is 15.5. The molecule has 2 aliphatic rings. The molecule has 0 aliphatic carbocycles. The van der Waals surface area contributed by atoms with Crippen molar-refractivity contribution in [1.29, 1.82) is 0 Å². The molecule has 1 fully saturated rings. The minimum Gasteiger partial charge on any atom is -0.485 e. The summed E-state index contributed by atoms with van der Waals surface area (Å²) in [5.74, 6) is 1.76. The number of rotatable bonds is 5. The molecule has 1 aromatic carbocycles. The van der Waals surface area contributed by atoms with Gasteiger partial charge in [0.15, 0.2) is 11.5 Å². The van der Waals surface area contributed by atoms with Crippen molar-refractivity contribution in [2.24, 2.45) is 11.8 Å². The molecule has 0 bridgehead atoms. The van der Waals surface area contributed by atoms with Crippen molar-refractivity contribution >= 4 is 23.2 Å². The Morgan fingerprint density at radius 2 is 1.96 bits per heavy atom. The van der Waals surface area contributed by atoms with Crippen molar-refractivity contribution in [3.8, 4) is 11.5 Å². The van der Waals surface area contributed by atoms with Gasteiger partial charge in [-0.3, -0.25) is 4.79 Å². The first-order valence-electron chi connectivity index (χ1n) is 9.33. The summed E-state index contributed by atoms with van der Waals surface area (Å²) in [5, 5.41) is 3.34. The highest BCUT2D eigenvalue weighted by molar-refractivity contribution is 6.34. The third-order valence-corrected chi connectivity index (χ3v) is 5.24.